The standard InChI is InChI=1S/C18H19ClN2O2/c19-15-8-4-7-14(11-15)17-16(20)9-10-21(17)18(22)23-12-13-5-2-1-3-6-13/h1-8,11,16-17H,9-10,12,20H2. The Morgan fingerprint density at radius 3 is 2.74 bits per heavy atom. The molecule has 0 saturated carbocycles. The van der Waals surface area contributed by atoms with Crippen molar-refractivity contribution in [2.24, 2.45) is 5.73 Å². The Morgan fingerprint density at radius 1 is 1.22 bits per heavy atom. The molecule has 1 aliphatic heterocycles. The second-order valence-electron chi connectivity index (χ2n) is 5.69. The molecule has 2 atom stereocenters. The molecule has 0 spiro atoms. The summed E-state index contributed by atoms with van der Waals surface area (Å²) in [4.78, 5) is 14.1. The van der Waals surface area contributed by atoms with Crippen LogP contribution in [0.2, 0.25) is 5.02 Å². The Hall–Kier alpha value is -2.04. The fourth-order valence-corrected chi connectivity index (χ4v) is 3.14. The van der Waals surface area contributed by atoms with Gasteiger partial charge in [-0.25, -0.2) is 4.79 Å². The average Bonchev–Trinajstić information content (AvgIpc) is 2.95. The van der Waals surface area contributed by atoms with Gasteiger partial charge in [-0.15, -0.1) is 0 Å². The van der Waals surface area contributed by atoms with Crippen LogP contribution in [0.3, 0.4) is 0 Å². The van der Waals surface area contributed by atoms with Crippen LogP contribution in [0.25, 0.3) is 0 Å². The molecule has 2 N–H and O–H groups in total. The molecular weight excluding hydrogens is 312 g/mol. The molecule has 5 heteroatoms. The minimum absolute atomic E-state index is 0.113. The van der Waals surface area contributed by atoms with E-state index in [1.165, 1.54) is 0 Å². The zero-order chi connectivity index (χ0) is 16.2. The Morgan fingerprint density at radius 2 is 2.00 bits per heavy atom. The van der Waals surface area contributed by atoms with Crippen LogP contribution in [-0.4, -0.2) is 23.6 Å². The monoisotopic (exact) mass is 330 g/mol. The highest BCUT2D eigenvalue weighted by Gasteiger charge is 2.37. The van der Waals surface area contributed by atoms with E-state index in [0.717, 1.165) is 17.5 Å². The van der Waals surface area contributed by atoms with Crippen LogP contribution < -0.4 is 5.73 Å². The van der Waals surface area contributed by atoms with Gasteiger partial charge in [-0.2, -0.15) is 0 Å². The summed E-state index contributed by atoms with van der Waals surface area (Å²) >= 11 is 6.06. The van der Waals surface area contributed by atoms with Gasteiger partial charge in [0.05, 0.1) is 6.04 Å². The Kier molecular flexibility index (Phi) is 4.84. The van der Waals surface area contributed by atoms with E-state index in [9.17, 15) is 4.79 Å². The lowest BCUT2D eigenvalue weighted by molar-refractivity contribution is 0.0908. The summed E-state index contributed by atoms with van der Waals surface area (Å²) in [6, 6.07) is 16.8. The van der Waals surface area contributed by atoms with Gasteiger partial charge in [0.2, 0.25) is 0 Å². The van der Waals surface area contributed by atoms with Gasteiger partial charge in [0.25, 0.3) is 0 Å². The second kappa shape index (κ2) is 7.02. The molecule has 1 amide bonds. The van der Waals surface area contributed by atoms with E-state index in [1.54, 1.807) is 4.90 Å². The summed E-state index contributed by atoms with van der Waals surface area (Å²) in [6.07, 6.45) is 0.407. The molecule has 2 aromatic carbocycles. The Bertz CT molecular complexity index is 678. The first kappa shape index (κ1) is 15.8. The number of carbonyl (C=O) groups is 1. The molecule has 0 aliphatic carbocycles. The van der Waals surface area contributed by atoms with Crippen molar-refractivity contribution in [2.75, 3.05) is 6.54 Å². The normalized spacial score (nSPS) is 20.5. The number of halogens is 1. The van der Waals surface area contributed by atoms with Crippen molar-refractivity contribution in [3.05, 3.63) is 70.7 Å². The van der Waals surface area contributed by atoms with Crippen LogP contribution in [0, 0.1) is 0 Å². The van der Waals surface area contributed by atoms with E-state index in [1.807, 2.05) is 54.6 Å². The van der Waals surface area contributed by atoms with Gasteiger partial charge < -0.3 is 10.5 Å². The minimum atomic E-state index is -0.341. The molecule has 4 nitrogen and oxygen atoms in total. The third kappa shape index (κ3) is 3.66. The molecule has 23 heavy (non-hydrogen) atoms. The maximum atomic E-state index is 12.4. The number of carbonyl (C=O) groups excluding carboxylic acids is 1. The van der Waals surface area contributed by atoms with Gasteiger partial charge in [0.1, 0.15) is 6.61 Å². The van der Waals surface area contributed by atoms with Gasteiger partial charge in [-0.1, -0.05) is 54.1 Å². The molecule has 1 aliphatic rings. The molecule has 120 valence electrons. The summed E-state index contributed by atoms with van der Waals surface area (Å²) in [6.45, 7) is 0.847. The number of nitrogens with two attached hydrogens (primary N) is 1. The fraction of sp³-hybridized carbons (Fsp3) is 0.278. The second-order valence-corrected chi connectivity index (χ2v) is 6.12. The summed E-state index contributed by atoms with van der Waals surface area (Å²) in [5.74, 6) is 0. The number of nitrogens with zero attached hydrogens (tertiary/aromatic N) is 1. The van der Waals surface area contributed by atoms with E-state index < -0.39 is 0 Å². The van der Waals surface area contributed by atoms with Crippen molar-refractivity contribution in [3.8, 4) is 0 Å². The van der Waals surface area contributed by atoms with Gasteiger partial charge in [0.15, 0.2) is 0 Å². The summed E-state index contributed by atoms with van der Waals surface area (Å²) < 4.78 is 5.44. The maximum absolute atomic E-state index is 12.4. The molecular formula is C18H19ClN2O2. The van der Waals surface area contributed by atoms with Crippen molar-refractivity contribution >= 4 is 17.7 Å². The molecule has 2 aromatic rings. The van der Waals surface area contributed by atoms with Crippen molar-refractivity contribution < 1.29 is 9.53 Å². The highest BCUT2D eigenvalue weighted by Crippen LogP contribution is 2.32. The van der Waals surface area contributed by atoms with Gasteiger partial charge in [-0.05, 0) is 29.7 Å². The maximum Gasteiger partial charge on any atom is 0.410 e. The lowest BCUT2D eigenvalue weighted by atomic mass is 10.0. The lowest BCUT2D eigenvalue weighted by Gasteiger charge is -2.26. The molecule has 1 saturated heterocycles. The van der Waals surface area contributed by atoms with Crippen LogP contribution in [0.5, 0.6) is 0 Å². The highest BCUT2D eigenvalue weighted by molar-refractivity contribution is 6.30. The summed E-state index contributed by atoms with van der Waals surface area (Å²) in [7, 11) is 0. The Balaban J connectivity index is 1.71. The number of rotatable bonds is 3. The molecule has 0 aromatic heterocycles. The van der Waals surface area contributed by atoms with Crippen LogP contribution in [0.4, 0.5) is 4.79 Å². The third-order valence-corrected chi connectivity index (χ3v) is 4.31. The first-order chi connectivity index (χ1) is 11.1. The first-order valence-corrected chi connectivity index (χ1v) is 8.01. The van der Waals surface area contributed by atoms with Crippen LogP contribution in [0.15, 0.2) is 54.6 Å². The van der Waals surface area contributed by atoms with E-state index in [-0.39, 0.29) is 24.8 Å². The zero-order valence-electron chi connectivity index (χ0n) is 12.7. The van der Waals surface area contributed by atoms with Crippen LogP contribution in [-0.2, 0) is 11.3 Å². The third-order valence-electron chi connectivity index (χ3n) is 4.07. The number of hydrogen-bond donors (Lipinski definition) is 1. The van der Waals surface area contributed by atoms with E-state index in [0.29, 0.717) is 11.6 Å². The van der Waals surface area contributed by atoms with Crippen LogP contribution >= 0.6 is 11.6 Å². The van der Waals surface area contributed by atoms with E-state index in [4.69, 9.17) is 22.1 Å². The van der Waals surface area contributed by atoms with Gasteiger partial charge >= 0.3 is 6.09 Å². The number of benzene rings is 2. The first-order valence-electron chi connectivity index (χ1n) is 7.63. The minimum Gasteiger partial charge on any atom is -0.445 e. The molecule has 3 rings (SSSR count). The smallest absolute Gasteiger partial charge is 0.410 e. The lowest BCUT2D eigenvalue weighted by Crippen LogP contribution is -2.36. The van der Waals surface area contributed by atoms with Crippen molar-refractivity contribution in [2.45, 2.75) is 25.1 Å². The van der Waals surface area contributed by atoms with E-state index >= 15 is 0 Å². The van der Waals surface area contributed by atoms with Crippen molar-refractivity contribution in [1.82, 2.24) is 4.90 Å². The van der Waals surface area contributed by atoms with Crippen LogP contribution in [0.1, 0.15) is 23.6 Å². The number of ether oxygens (including phenoxy) is 1. The molecule has 0 bridgehead atoms. The van der Waals surface area contributed by atoms with Gasteiger partial charge in [0, 0.05) is 17.6 Å². The summed E-state index contributed by atoms with van der Waals surface area (Å²) in [5.41, 5.74) is 8.11. The largest absolute Gasteiger partial charge is 0.445 e. The fourth-order valence-electron chi connectivity index (χ4n) is 2.94. The SMILES string of the molecule is NC1CCN(C(=O)OCc2ccccc2)C1c1cccc(Cl)c1. The highest BCUT2D eigenvalue weighted by atomic mass is 35.5. The molecule has 1 fully saturated rings. The number of likely N-dealkylation sites (tertiary alicyclic amines) is 1. The quantitative estimate of drug-likeness (QED) is 0.932. The summed E-state index contributed by atoms with van der Waals surface area (Å²) in [5, 5.41) is 0.638. The van der Waals surface area contributed by atoms with Crippen molar-refractivity contribution in [1.29, 1.82) is 0 Å². The predicted molar refractivity (Wildman–Crippen MR) is 90.1 cm³/mol. The topological polar surface area (TPSA) is 55.6 Å². The van der Waals surface area contributed by atoms with Crippen molar-refractivity contribution in [3.63, 3.8) is 0 Å². The average molecular weight is 331 g/mol. The van der Waals surface area contributed by atoms with E-state index in [2.05, 4.69) is 0 Å². The Labute approximate surface area is 140 Å². The molecule has 2 unspecified atom stereocenters. The molecule has 1 heterocycles. The number of hydrogen-bond acceptors (Lipinski definition) is 3. The zero-order valence-corrected chi connectivity index (χ0v) is 13.4. The molecule has 0 radical (unpaired) electrons. The predicted octanol–water partition coefficient (Wildman–Crippen LogP) is 3.75. The van der Waals surface area contributed by atoms with Gasteiger partial charge in [-0.3, -0.25) is 4.90 Å². The number of amides is 1.